The van der Waals surface area contributed by atoms with Crippen molar-refractivity contribution in [2.45, 2.75) is 33.4 Å². The van der Waals surface area contributed by atoms with E-state index in [1.165, 1.54) is 0 Å². The Hall–Kier alpha value is -3.54. The number of nitrogens with one attached hydrogen (secondary N) is 1. The Kier molecular flexibility index (Phi) is 7.87. The van der Waals surface area contributed by atoms with Crippen LogP contribution in [0.4, 0.5) is 10.5 Å². The standard InChI is InChI=1S/C25H29N3O3/c1-3-15-27(25(30)26-22-13-11-20(2)12-14-22)19-24(29)28(18-23-10-7-16-31-23)17-21-8-5-4-6-9-21/h4-14,16H,3,15,17-19H2,1-2H3,(H,26,30). The lowest BCUT2D eigenvalue weighted by Gasteiger charge is -2.27. The molecule has 1 heterocycles. The number of carbonyl (C=O) groups excluding carboxylic acids is 2. The van der Waals surface area contributed by atoms with E-state index in [0.717, 1.165) is 17.5 Å². The molecule has 0 saturated heterocycles. The maximum atomic E-state index is 13.2. The summed E-state index contributed by atoms with van der Waals surface area (Å²) in [6.45, 7) is 5.26. The Morgan fingerprint density at radius 1 is 0.903 bits per heavy atom. The van der Waals surface area contributed by atoms with Crippen molar-refractivity contribution in [3.63, 3.8) is 0 Å². The predicted molar refractivity (Wildman–Crippen MR) is 121 cm³/mol. The first-order chi connectivity index (χ1) is 15.0. The topological polar surface area (TPSA) is 65.8 Å². The van der Waals surface area contributed by atoms with Crippen LogP contribution in [0.3, 0.4) is 0 Å². The highest BCUT2D eigenvalue weighted by atomic mass is 16.3. The zero-order valence-corrected chi connectivity index (χ0v) is 18.1. The Morgan fingerprint density at radius 3 is 2.29 bits per heavy atom. The van der Waals surface area contributed by atoms with E-state index in [1.807, 2.05) is 74.5 Å². The number of aryl methyl sites for hydroxylation is 1. The smallest absolute Gasteiger partial charge is 0.322 e. The van der Waals surface area contributed by atoms with E-state index in [9.17, 15) is 9.59 Å². The Bertz CT molecular complexity index is 953. The average molecular weight is 420 g/mol. The molecule has 0 unspecified atom stereocenters. The van der Waals surface area contributed by atoms with E-state index in [-0.39, 0.29) is 18.5 Å². The molecule has 0 radical (unpaired) electrons. The molecule has 0 bridgehead atoms. The lowest BCUT2D eigenvalue weighted by Crippen LogP contribution is -2.44. The first-order valence-corrected chi connectivity index (χ1v) is 10.5. The lowest BCUT2D eigenvalue weighted by molar-refractivity contribution is -0.133. The van der Waals surface area contributed by atoms with Crippen molar-refractivity contribution in [2.24, 2.45) is 0 Å². The van der Waals surface area contributed by atoms with Gasteiger partial charge in [-0.1, -0.05) is 55.0 Å². The van der Waals surface area contributed by atoms with E-state index < -0.39 is 0 Å². The Balaban J connectivity index is 1.71. The molecule has 0 aliphatic rings. The maximum absolute atomic E-state index is 13.2. The number of hydrogen-bond donors (Lipinski definition) is 1. The number of furan rings is 1. The van der Waals surface area contributed by atoms with Crippen molar-refractivity contribution in [3.8, 4) is 0 Å². The van der Waals surface area contributed by atoms with Crippen LogP contribution in [0.15, 0.2) is 77.4 Å². The van der Waals surface area contributed by atoms with Gasteiger partial charge in [-0.2, -0.15) is 0 Å². The quantitative estimate of drug-likeness (QED) is 0.527. The first-order valence-electron chi connectivity index (χ1n) is 10.5. The van der Waals surface area contributed by atoms with Crippen LogP contribution in [-0.4, -0.2) is 34.8 Å². The minimum Gasteiger partial charge on any atom is -0.467 e. The molecule has 3 amide bonds. The number of amides is 3. The third-order valence-corrected chi connectivity index (χ3v) is 4.91. The summed E-state index contributed by atoms with van der Waals surface area (Å²) >= 11 is 0. The highest BCUT2D eigenvalue weighted by molar-refractivity contribution is 5.92. The summed E-state index contributed by atoms with van der Waals surface area (Å²) < 4.78 is 5.45. The van der Waals surface area contributed by atoms with Crippen LogP contribution in [0.2, 0.25) is 0 Å². The van der Waals surface area contributed by atoms with E-state index in [4.69, 9.17) is 4.42 Å². The van der Waals surface area contributed by atoms with Gasteiger partial charge in [-0.05, 0) is 43.2 Å². The largest absolute Gasteiger partial charge is 0.467 e. The number of rotatable bonds is 9. The molecule has 1 aromatic heterocycles. The zero-order valence-electron chi connectivity index (χ0n) is 18.1. The van der Waals surface area contributed by atoms with E-state index in [0.29, 0.717) is 31.1 Å². The maximum Gasteiger partial charge on any atom is 0.322 e. The van der Waals surface area contributed by atoms with Gasteiger partial charge in [-0.25, -0.2) is 4.79 Å². The predicted octanol–water partition coefficient (Wildman–Crippen LogP) is 5.06. The van der Waals surface area contributed by atoms with Gasteiger partial charge in [0.1, 0.15) is 12.3 Å². The van der Waals surface area contributed by atoms with Crippen molar-refractivity contribution >= 4 is 17.6 Å². The summed E-state index contributed by atoms with van der Waals surface area (Å²) in [6.07, 6.45) is 2.35. The fraction of sp³-hybridized carbons (Fsp3) is 0.280. The van der Waals surface area contributed by atoms with Gasteiger partial charge in [0.05, 0.1) is 12.8 Å². The SMILES string of the molecule is CCCN(CC(=O)N(Cc1ccccc1)Cc1ccco1)C(=O)Nc1ccc(C)cc1. The molecule has 6 nitrogen and oxygen atoms in total. The summed E-state index contributed by atoms with van der Waals surface area (Å²) in [5.41, 5.74) is 2.85. The van der Waals surface area contributed by atoms with Crippen LogP contribution in [0, 0.1) is 6.92 Å². The second-order valence-corrected chi connectivity index (χ2v) is 7.53. The third kappa shape index (κ3) is 6.74. The molecule has 3 rings (SSSR count). The van der Waals surface area contributed by atoms with Crippen molar-refractivity contribution < 1.29 is 14.0 Å². The number of hydrogen-bond acceptors (Lipinski definition) is 3. The fourth-order valence-electron chi connectivity index (χ4n) is 3.25. The van der Waals surface area contributed by atoms with Gasteiger partial charge >= 0.3 is 6.03 Å². The molecule has 1 N–H and O–H groups in total. The van der Waals surface area contributed by atoms with Crippen LogP contribution in [0.5, 0.6) is 0 Å². The molecular weight excluding hydrogens is 390 g/mol. The zero-order chi connectivity index (χ0) is 22.1. The summed E-state index contributed by atoms with van der Waals surface area (Å²) in [5, 5.41) is 2.89. The Morgan fingerprint density at radius 2 is 1.65 bits per heavy atom. The highest BCUT2D eigenvalue weighted by Crippen LogP contribution is 2.13. The number of anilines is 1. The van der Waals surface area contributed by atoms with E-state index >= 15 is 0 Å². The molecule has 0 fully saturated rings. The van der Waals surface area contributed by atoms with Gasteiger partial charge in [0.2, 0.25) is 5.91 Å². The van der Waals surface area contributed by atoms with Crippen LogP contribution in [0.1, 0.15) is 30.2 Å². The first kappa shape index (κ1) is 22.2. The molecule has 0 atom stereocenters. The van der Waals surface area contributed by atoms with Gasteiger partial charge in [0.15, 0.2) is 0 Å². The fourth-order valence-corrected chi connectivity index (χ4v) is 3.25. The van der Waals surface area contributed by atoms with Crippen molar-refractivity contribution in [1.82, 2.24) is 9.80 Å². The molecule has 0 spiro atoms. The summed E-state index contributed by atoms with van der Waals surface area (Å²) in [6, 6.07) is 20.8. The molecule has 6 heteroatoms. The Labute approximate surface area is 183 Å². The molecule has 162 valence electrons. The molecular formula is C25H29N3O3. The number of benzene rings is 2. The summed E-state index contributed by atoms with van der Waals surface area (Å²) in [4.78, 5) is 29.3. The minimum atomic E-state index is -0.281. The number of carbonyl (C=O) groups is 2. The molecule has 0 aliphatic carbocycles. The van der Waals surface area contributed by atoms with Crippen LogP contribution < -0.4 is 5.32 Å². The van der Waals surface area contributed by atoms with E-state index in [1.54, 1.807) is 22.1 Å². The van der Waals surface area contributed by atoms with Gasteiger partial charge in [-0.15, -0.1) is 0 Å². The summed E-state index contributed by atoms with van der Waals surface area (Å²) in [5.74, 6) is 0.572. The summed E-state index contributed by atoms with van der Waals surface area (Å²) in [7, 11) is 0. The van der Waals surface area contributed by atoms with Crippen LogP contribution in [0.25, 0.3) is 0 Å². The van der Waals surface area contributed by atoms with Crippen LogP contribution in [-0.2, 0) is 17.9 Å². The molecule has 3 aromatic rings. The molecule has 0 saturated carbocycles. The monoisotopic (exact) mass is 419 g/mol. The third-order valence-electron chi connectivity index (χ3n) is 4.91. The van der Waals surface area contributed by atoms with Gasteiger partial charge in [0.25, 0.3) is 0 Å². The lowest BCUT2D eigenvalue weighted by atomic mass is 10.2. The number of urea groups is 1. The molecule has 0 aliphatic heterocycles. The van der Waals surface area contributed by atoms with Crippen molar-refractivity contribution in [3.05, 3.63) is 89.9 Å². The average Bonchev–Trinajstić information content (AvgIpc) is 3.28. The second kappa shape index (κ2) is 11.0. The van der Waals surface area contributed by atoms with E-state index in [2.05, 4.69) is 5.32 Å². The van der Waals surface area contributed by atoms with Crippen LogP contribution >= 0.6 is 0 Å². The molecule has 2 aromatic carbocycles. The second-order valence-electron chi connectivity index (χ2n) is 7.53. The number of nitrogens with zero attached hydrogens (tertiary/aromatic N) is 2. The van der Waals surface area contributed by atoms with Gasteiger partial charge < -0.3 is 19.5 Å². The molecule has 31 heavy (non-hydrogen) atoms. The van der Waals surface area contributed by atoms with Crippen molar-refractivity contribution in [2.75, 3.05) is 18.4 Å². The van der Waals surface area contributed by atoms with Gasteiger partial charge in [0, 0.05) is 18.8 Å². The van der Waals surface area contributed by atoms with Gasteiger partial charge in [-0.3, -0.25) is 4.79 Å². The highest BCUT2D eigenvalue weighted by Gasteiger charge is 2.22. The van der Waals surface area contributed by atoms with Crippen molar-refractivity contribution in [1.29, 1.82) is 0 Å². The normalized spacial score (nSPS) is 10.5. The minimum absolute atomic E-state index is 0.000916.